The molecular formula is C22H34N2O5. The first-order valence-electron chi connectivity index (χ1n) is 9.99. The number of hydrogen-bond acceptors (Lipinski definition) is 5. The van der Waals surface area contributed by atoms with E-state index in [1.54, 1.807) is 41.5 Å². The summed E-state index contributed by atoms with van der Waals surface area (Å²) in [6.45, 7) is 13.5. The van der Waals surface area contributed by atoms with E-state index in [4.69, 9.17) is 9.47 Å². The van der Waals surface area contributed by atoms with Crippen LogP contribution in [-0.2, 0) is 9.47 Å². The average Bonchev–Trinajstić information content (AvgIpc) is 2.57. The molecule has 1 fully saturated rings. The van der Waals surface area contributed by atoms with Crippen molar-refractivity contribution < 1.29 is 24.2 Å². The first-order valence-corrected chi connectivity index (χ1v) is 9.99. The van der Waals surface area contributed by atoms with Crippen molar-refractivity contribution in [3.05, 3.63) is 35.4 Å². The first kappa shape index (κ1) is 23.0. The fourth-order valence-corrected chi connectivity index (χ4v) is 3.20. The third kappa shape index (κ3) is 6.63. The summed E-state index contributed by atoms with van der Waals surface area (Å²) in [5, 5.41) is 11.1. The van der Waals surface area contributed by atoms with Crippen LogP contribution in [0.15, 0.2) is 24.3 Å². The number of benzene rings is 1. The third-order valence-corrected chi connectivity index (χ3v) is 4.45. The molecule has 1 aromatic rings. The summed E-state index contributed by atoms with van der Waals surface area (Å²) >= 11 is 0. The van der Waals surface area contributed by atoms with E-state index in [0.29, 0.717) is 12.1 Å². The molecule has 0 saturated carbocycles. The molecular weight excluding hydrogens is 372 g/mol. The van der Waals surface area contributed by atoms with Crippen molar-refractivity contribution in [2.45, 2.75) is 71.8 Å². The Kier molecular flexibility index (Phi) is 6.83. The van der Waals surface area contributed by atoms with Gasteiger partial charge in [-0.3, -0.25) is 4.90 Å². The fourth-order valence-electron chi connectivity index (χ4n) is 3.20. The highest BCUT2D eigenvalue weighted by molar-refractivity contribution is 5.71. The van der Waals surface area contributed by atoms with Gasteiger partial charge in [-0.2, -0.15) is 0 Å². The molecule has 0 unspecified atom stereocenters. The van der Waals surface area contributed by atoms with E-state index in [2.05, 4.69) is 0 Å². The first-order chi connectivity index (χ1) is 13.3. The maximum atomic E-state index is 12.8. The highest BCUT2D eigenvalue weighted by Gasteiger charge is 2.40. The van der Waals surface area contributed by atoms with Crippen LogP contribution in [0.5, 0.6) is 0 Å². The molecule has 1 heterocycles. The Bertz CT molecular complexity index is 735. The lowest BCUT2D eigenvalue weighted by molar-refractivity contribution is -0.0402. The van der Waals surface area contributed by atoms with Crippen LogP contribution in [0.2, 0.25) is 0 Å². The van der Waals surface area contributed by atoms with Gasteiger partial charge in [-0.15, -0.1) is 0 Å². The van der Waals surface area contributed by atoms with Crippen molar-refractivity contribution in [1.82, 2.24) is 9.80 Å². The molecule has 0 aliphatic carbocycles. The number of nitrogens with zero attached hydrogens (tertiary/aromatic N) is 2. The van der Waals surface area contributed by atoms with Crippen LogP contribution in [0.4, 0.5) is 9.59 Å². The number of amides is 2. The maximum Gasteiger partial charge on any atom is 0.410 e. The molecule has 0 aromatic heterocycles. The normalized spacial score (nSPS) is 19.0. The molecule has 2 atom stereocenters. The second kappa shape index (κ2) is 8.61. The molecule has 1 aliphatic heterocycles. The molecule has 1 aliphatic rings. The third-order valence-electron chi connectivity index (χ3n) is 4.45. The minimum atomic E-state index is -0.965. The fraction of sp³-hybridized carbons (Fsp3) is 0.636. The Morgan fingerprint density at radius 2 is 1.62 bits per heavy atom. The topological polar surface area (TPSA) is 79.3 Å². The SMILES string of the molecule is Cc1cccc([C@H](O)[C@H]2CN(C(=O)OC(C)(C)C)CCN2C(=O)OC(C)(C)C)c1. The van der Waals surface area contributed by atoms with Gasteiger partial charge >= 0.3 is 12.2 Å². The van der Waals surface area contributed by atoms with E-state index in [1.807, 2.05) is 31.2 Å². The number of aliphatic hydroxyl groups is 1. The van der Waals surface area contributed by atoms with E-state index >= 15 is 0 Å². The highest BCUT2D eigenvalue weighted by atomic mass is 16.6. The average molecular weight is 407 g/mol. The lowest BCUT2D eigenvalue weighted by atomic mass is 9.97. The predicted molar refractivity (Wildman–Crippen MR) is 111 cm³/mol. The smallest absolute Gasteiger partial charge is 0.410 e. The van der Waals surface area contributed by atoms with E-state index in [9.17, 15) is 14.7 Å². The van der Waals surface area contributed by atoms with Gasteiger partial charge in [-0.05, 0) is 54.0 Å². The number of ether oxygens (including phenoxy) is 2. The molecule has 0 spiro atoms. The van der Waals surface area contributed by atoms with Gasteiger partial charge in [0.2, 0.25) is 0 Å². The summed E-state index contributed by atoms with van der Waals surface area (Å²) in [7, 11) is 0. The predicted octanol–water partition coefficient (Wildman–Crippen LogP) is 3.88. The maximum absolute atomic E-state index is 12.8. The molecule has 7 nitrogen and oxygen atoms in total. The van der Waals surface area contributed by atoms with Crippen molar-refractivity contribution in [3.8, 4) is 0 Å². The van der Waals surface area contributed by atoms with Crippen LogP contribution in [0, 0.1) is 6.92 Å². The second-order valence-electron chi connectivity index (χ2n) is 9.53. The number of rotatable bonds is 2. The van der Waals surface area contributed by atoms with Crippen LogP contribution in [0.25, 0.3) is 0 Å². The number of carbonyl (C=O) groups is 2. The molecule has 2 amide bonds. The minimum Gasteiger partial charge on any atom is -0.444 e. The van der Waals surface area contributed by atoms with Crippen LogP contribution >= 0.6 is 0 Å². The molecule has 0 radical (unpaired) electrons. The number of carbonyl (C=O) groups excluding carboxylic acids is 2. The van der Waals surface area contributed by atoms with Crippen LogP contribution in [0.3, 0.4) is 0 Å². The Morgan fingerprint density at radius 1 is 1.03 bits per heavy atom. The molecule has 7 heteroatoms. The summed E-state index contributed by atoms with van der Waals surface area (Å²) in [4.78, 5) is 28.4. The summed E-state index contributed by atoms with van der Waals surface area (Å²) in [5.41, 5.74) is 0.419. The molecule has 1 saturated heterocycles. The Hall–Kier alpha value is -2.28. The lowest BCUT2D eigenvalue weighted by Gasteiger charge is -2.43. The van der Waals surface area contributed by atoms with Gasteiger partial charge in [0, 0.05) is 19.6 Å². The highest BCUT2D eigenvalue weighted by Crippen LogP contribution is 2.27. The zero-order chi connectivity index (χ0) is 22.0. The van der Waals surface area contributed by atoms with Crippen molar-refractivity contribution in [2.24, 2.45) is 0 Å². The van der Waals surface area contributed by atoms with Crippen LogP contribution < -0.4 is 0 Å². The Balaban J connectivity index is 2.28. The molecule has 1 N–H and O–H groups in total. The minimum absolute atomic E-state index is 0.156. The summed E-state index contributed by atoms with van der Waals surface area (Å²) in [6.07, 6.45) is -1.92. The van der Waals surface area contributed by atoms with Gasteiger partial charge in [-0.1, -0.05) is 29.8 Å². The van der Waals surface area contributed by atoms with E-state index in [1.165, 1.54) is 9.80 Å². The quantitative estimate of drug-likeness (QED) is 0.806. The van der Waals surface area contributed by atoms with Gasteiger partial charge in [-0.25, -0.2) is 9.59 Å². The van der Waals surface area contributed by atoms with Gasteiger partial charge in [0.25, 0.3) is 0 Å². The summed E-state index contributed by atoms with van der Waals surface area (Å²) < 4.78 is 11.0. The Morgan fingerprint density at radius 3 is 2.17 bits per heavy atom. The van der Waals surface area contributed by atoms with E-state index < -0.39 is 35.5 Å². The number of hydrogen-bond donors (Lipinski definition) is 1. The number of piperazine rings is 1. The zero-order valence-electron chi connectivity index (χ0n) is 18.6. The van der Waals surface area contributed by atoms with Crippen molar-refractivity contribution >= 4 is 12.2 Å². The number of aliphatic hydroxyl groups excluding tert-OH is 1. The van der Waals surface area contributed by atoms with Gasteiger partial charge in [0.05, 0.1) is 6.04 Å². The monoisotopic (exact) mass is 406 g/mol. The van der Waals surface area contributed by atoms with Gasteiger partial charge < -0.3 is 19.5 Å². The molecule has 2 rings (SSSR count). The molecule has 162 valence electrons. The van der Waals surface area contributed by atoms with Gasteiger partial charge in [0.1, 0.15) is 17.3 Å². The van der Waals surface area contributed by atoms with E-state index in [0.717, 1.165) is 5.56 Å². The zero-order valence-corrected chi connectivity index (χ0v) is 18.6. The lowest BCUT2D eigenvalue weighted by Crippen LogP contribution is -2.59. The van der Waals surface area contributed by atoms with Crippen molar-refractivity contribution in [1.29, 1.82) is 0 Å². The molecule has 1 aromatic carbocycles. The van der Waals surface area contributed by atoms with Crippen molar-refractivity contribution in [3.63, 3.8) is 0 Å². The van der Waals surface area contributed by atoms with Crippen LogP contribution in [-0.4, -0.2) is 64.0 Å². The Labute approximate surface area is 173 Å². The summed E-state index contributed by atoms with van der Waals surface area (Å²) in [6, 6.07) is 6.85. The molecule has 0 bridgehead atoms. The number of aryl methyl sites for hydroxylation is 1. The standard InChI is InChI=1S/C22H34N2O5/c1-15-9-8-10-16(13-15)18(25)17-14-23(19(26)28-21(2,3)4)11-12-24(17)20(27)29-22(5,6)7/h8-10,13,17-18,25H,11-12,14H2,1-7H3/t17-,18+/m1/s1. The van der Waals surface area contributed by atoms with E-state index in [-0.39, 0.29) is 13.1 Å². The van der Waals surface area contributed by atoms with Crippen LogP contribution in [0.1, 0.15) is 58.8 Å². The summed E-state index contributed by atoms with van der Waals surface area (Å²) in [5.74, 6) is 0. The second-order valence-corrected chi connectivity index (χ2v) is 9.53. The van der Waals surface area contributed by atoms with Crippen molar-refractivity contribution in [2.75, 3.05) is 19.6 Å². The molecule has 29 heavy (non-hydrogen) atoms. The largest absolute Gasteiger partial charge is 0.444 e. The van der Waals surface area contributed by atoms with Gasteiger partial charge in [0.15, 0.2) is 0 Å².